The van der Waals surface area contributed by atoms with Gasteiger partial charge in [-0.3, -0.25) is 14.2 Å². The van der Waals surface area contributed by atoms with Gasteiger partial charge < -0.3 is 4.74 Å². The van der Waals surface area contributed by atoms with Gasteiger partial charge in [-0.05, 0) is 24.6 Å². The summed E-state index contributed by atoms with van der Waals surface area (Å²) in [7, 11) is 0. The number of nitrogens with zero attached hydrogens (tertiary/aromatic N) is 4. The number of hydrogen-bond donors (Lipinski definition) is 0. The SMILES string of the molecule is Cc1nc2c(cnn2-c2ccccc2)c(=O)n1CC(=O)OCc1ccccc1. The summed E-state index contributed by atoms with van der Waals surface area (Å²) in [6.07, 6.45) is 1.48. The van der Waals surface area contributed by atoms with Crippen molar-refractivity contribution < 1.29 is 9.53 Å². The van der Waals surface area contributed by atoms with E-state index in [1.54, 1.807) is 11.6 Å². The van der Waals surface area contributed by atoms with Gasteiger partial charge in [0.05, 0.1) is 11.9 Å². The van der Waals surface area contributed by atoms with Crippen LogP contribution in [-0.2, 0) is 22.7 Å². The van der Waals surface area contributed by atoms with Gasteiger partial charge in [-0.1, -0.05) is 48.5 Å². The lowest BCUT2D eigenvalue weighted by Crippen LogP contribution is -2.28. The molecule has 0 saturated carbocycles. The Morgan fingerprint density at radius 2 is 1.71 bits per heavy atom. The summed E-state index contributed by atoms with van der Waals surface area (Å²) in [5, 5.41) is 4.64. The minimum absolute atomic E-state index is 0.162. The maximum atomic E-state index is 12.9. The van der Waals surface area contributed by atoms with Gasteiger partial charge in [0, 0.05) is 0 Å². The Hall–Kier alpha value is -3.74. The molecule has 7 heteroatoms. The van der Waals surface area contributed by atoms with Crippen LogP contribution in [0, 0.1) is 6.92 Å². The average Bonchev–Trinajstić information content (AvgIpc) is 3.15. The lowest BCUT2D eigenvalue weighted by molar-refractivity contribution is -0.145. The molecule has 0 aliphatic rings. The van der Waals surface area contributed by atoms with Crippen molar-refractivity contribution in [3.05, 3.63) is 88.6 Å². The van der Waals surface area contributed by atoms with E-state index < -0.39 is 5.97 Å². The summed E-state index contributed by atoms with van der Waals surface area (Å²) < 4.78 is 8.21. The Bertz CT molecular complexity index is 1180. The summed E-state index contributed by atoms with van der Waals surface area (Å²) in [6, 6.07) is 18.8. The first-order chi connectivity index (χ1) is 13.6. The van der Waals surface area contributed by atoms with Gasteiger partial charge in [0.1, 0.15) is 24.4 Å². The molecule has 2 aromatic heterocycles. The Balaban J connectivity index is 1.60. The maximum absolute atomic E-state index is 12.9. The van der Waals surface area contributed by atoms with Crippen LogP contribution in [0.25, 0.3) is 16.7 Å². The van der Waals surface area contributed by atoms with E-state index in [4.69, 9.17) is 4.74 Å². The number of rotatable bonds is 5. The summed E-state index contributed by atoms with van der Waals surface area (Å²) >= 11 is 0. The van der Waals surface area contributed by atoms with Crippen LogP contribution >= 0.6 is 0 Å². The van der Waals surface area contributed by atoms with E-state index in [9.17, 15) is 9.59 Å². The van der Waals surface area contributed by atoms with Crippen molar-refractivity contribution >= 4 is 17.0 Å². The molecular weight excluding hydrogens is 356 g/mol. The zero-order chi connectivity index (χ0) is 19.5. The number of carbonyl (C=O) groups is 1. The first-order valence-corrected chi connectivity index (χ1v) is 8.83. The molecule has 140 valence electrons. The predicted molar refractivity (Wildman–Crippen MR) is 104 cm³/mol. The number of ether oxygens (including phenoxy) is 1. The van der Waals surface area contributed by atoms with E-state index in [2.05, 4.69) is 10.1 Å². The number of aromatic nitrogens is 4. The minimum Gasteiger partial charge on any atom is -0.459 e. The molecule has 2 heterocycles. The Morgan fingerprint density at radius 3 is 2.43 bits per heavy atom. The van der Waals surface area contributed by atoms with Crippen LogP contribution < -0.4 is 5.56 Å². The van der Waals surface area contributed by atoms with Crippen molar-refractivity contribution in [2.75, 3.05) is 0 Å². The molecule has 0 saturated heterocycles. The van der Waals surface area contributed by atoms with Crippen LogP contribution in [-0.4, -0.2) is 25.3 Å². The molecule has 0 unspecified atom stereocenters. The fourth-order valence-electron chi connectivity index (χ4n) is 2.96. The van der Waals surface area contributed by atoms with Gasteiger partial charge in [-0.25, -0.2) is 9.67 Å². The van der Waals surface area contributed by atoms with Crippen LogP contribution in [0.4, 0.5) is 0 Å². The molecule has 4 aromatic rings. The number of para-hydroxylation sites is 1. The summed E-state index contributed by atoms with van der Waals surface area (Å²) in [5.41, 5.74) is 1.84. The van der Waals surface area contributed by atoms with Crippen LogP contribution in [0.5, 0.6) is 0 Å². The highest BCUT2D eigenvalue weighted by Gasteiger charge is 2.16. The summed E-state index contributed by atoms with van der Waals surface area (Å²) in [4.78, 5) is 29.6. The molecule has 0 aliphatic heterocycles. The Kier molecular flexibility index (Phi) is 4.72. The largest absolute Gasteiger partial charge is 0.459 e. The molecular formula is C21H18N4O3. The van der Waals surface area contributed by atoms with Crippen molar-refractivity contribution in [1.29, 1.82) is 0 Å². The van der Waals surface area contributed by atoms with Crippen molar-refractivity contribution in [1.82, 2.24) is 19.3 Å². The molecule has 0 N–H and O–H groups in total. The summed E-state index contributed by atoms with van der Waals surface area (Å²) in [5.74, 6) is -0.0718. The third kappa shape index (κ3) is 3.42. The highest BCUT2D eigenvalue weighted by atomic mass is 16.5. The fraction of sp³-hybridized carbons (Fsp3) is 0.143. The highest BCUT2D eigenvalue weighted by Crippen LogP contribution is 2.14. The Morgan fingerprint density at radius 1 is 1.04 bits per heavy atom. The fourth-order valence-corrected chi connectivity index (χ4v) is 2.96. The lowest BCUT2D eigenvalue weighted by atomic mass is 10.2. The smallest absolute Gasteiger partial charge is 0.326 e. The van der Waals surface area contributed by atoms with Crippen molar-refractivity contribution in [2.45, 2.75) is 20.1 Å². The number of benzene rings is 2. The quantitative estimate of drug-likeness (QED) is 0.502. The summed E-state index contributed by atoms with van der Waals surface area (Å²) in [6.45, 7) is 1.65. The van der Waals surface area contributed by atoms with Crippen LogP contribution in [0.3, 0.4) is 0 Å². The maximum Gasteiger partial charge on any atom is 0.326 e. The number of hydrogen-bond acceptors (Lipinski definition) is 5. The second-order valence-corrected chi connectivity index (χ2v) is 6.33. The molecule has 0 amide bonds. The number of fused-ring (bicyclic) bond motifs is 1. The predicted octanol–water partition coefficient (Wildman–Crippen LogP) is 2.63. The first-order valence-electron chi connectivity index (χ1n) is 8.83. The van der Waals surface area contributed by atoms with E-state index in [-0.39, 0.29) is 18.7 Å². The van der Waals surface area contributed by atoms with E-state index in [1.807, 2.05) is 60.7 Å². The first kappa shape index (κ1) is 17.7. The molecule has 28 heavy (non-hydrogen) atoms. The standard InChI is InChI=1S/C21H18N4O3/c1-15-23-20-18(12-22-25(20)17-10-6-3-7-11-17)21(27)24(15)13-19(26)28-14-16-8-4-2-5-9-16/h2-12H,13-14H2,1H3. The van der Waals surface area contributed by atoms with Crippen LogP contribution in [0.2, 0.25) is 0 Å². The van der Waals surface area contributed by atoms with Crippen molar-refractivity contribution in [2.24, 2.45) is 0 Å². The third-order valence-electron chi connectivity index (χ3n) is 4.41. The van der Waals surface area contributed by atoms with E-state index in [1.165, 1.54) is 10.8 Å². The molecule has 4 rings (SSSR count). The van der Waals surface area contributed by atoms with Gasteiger partial charge in [-0.15, -0.1) is 0 Å². The molecule has 0 bridgehead atoms. The normalized spacial score (nSPS) is 10.9. The van der Waals surface area contributed by atoms with E-state index in [0.717, 1.165) is 11.3 Å². The van der Waals surface area contributed by atoms with Gasteiger partial charge >= 0.3 is 5.97 Å². The zero-order valence-corrected chi connectivity index (χ0v) is 15.3. The van der Waals surface area contributed by atoms with E-state index in [0.29, 0.717) is 16.9 Å². The van der Waals surface area contributed by atoms with Crippen LogP contribution in [0.1, 0.15) is 11.4 Å². The second kappa shape index (κ2) is 7.48. The van der Waals surface area contributed by atoms with E-state index >= 15 is 0 Å². The molecule has 0 spiro atoms. The number of carbonyl (C=O) groups excluding carboxylic acids is 1. The second-order valence-electron chi connectivity index (χ2n) is 6.33. The number of aryl methyl sites for hydroxylation is 1. The third-order valence-corrected chi connectivity index (χ3v) is 4.41. The number of esters is 1. The van der Waals surface area contributed by atoms with Crippen molar-refractivity contribution in [3.8, 4) is 5.69 Å². The van der Waals surface area contributed by atoms with Crippen LogP contribution in [0.15, 0.2) is 71.7 Å². The molecule has 7 nitrogen and oxygen atoms in total. The molecule has 0 fully saturated rings. The monoisotopic (exact) mass is 374 g/mol. The van der Waals surface area contributed by atoms with Crippen molar-refractivity contribution in [3.63, 3.8) is 0 Å². The van der Waals surface area contributed by atoms with Gasteiger partial charge in [0.2, 0.25) is 0 Å². The Labute approximate surface area is 160 Å². The minimum atomic E-state index is -0.495. The molecule has 0 radical (unpaired) electrons. The molecule has 0 aliphatic carbocycles. The van der Waals surface area contributed by atoms with Gasteiger partial charge in [0.25, 0.3) is 5.56 Å². The van der Waals surface area contributed by atoms with Gasteiger partial charge in [-0.2, -0.15) is 5.10 Å². The molecule has 2 aromatic carbocycles. The zero-order valence-electron chi connectivity index (χ0n) is 15.3. The molecule has 0 atom stereocenters. The van der Waals surface area contributed by atoms with Gasteiger partial charge in [0.15, 0.2) is 5.65 Å². The lowest BCUT2D eigenvalue weighted by Gasteiger charge is -2.10. The average molecular weight is 374 g/mol. The highest BCUT2D eigenvalue weighted by molar-refractivity contribution is 5.76. The topological polar surface area (TPSA) is 79.0 Å².